The number of fused-ring (bicyclic) bond motifs is 1. The van der Waals surface area contributed by atoms with Crippen LogP contribution < -0.4 is 0 Å². The molecule has 0 aromatic carbocycles. The van der Waals surface area contributed by atoms with Crippen molar-refractivity contribution in [2.75, 3.05) is 0 Å². The van der Waals surface area contributed by atoms with E-state index >= 15 is 0 Å². The van der Waals surface area contributed by atoms with Gasteiger partial charge in [0, 0.05) is 21.0 Å². The third kappa shape index (κ3) is 2.29. The molecule has 0 spiro atoms. The molecule has 3 rings (SSSR count). The van der Waals surface area contributed by atoms with Gasteiger partial charge in [-0.3, -0.25) is 0 Å². The highest BCUT2D eigenvalue weighted by molar-refractivity contribution is 9.10. The lowest BCUT2D eigenvalue weighted by Gasteiger charge is -2.19. The maximum atomic E-state index is 11.7. The Morgan fingerprint density at radius 1 is 1.32 bits per heavy atom. The summed E-state index contributed by atoms with van der Waals surface area (Å²) in [6.45, 7) is 5.90. The van der Waals surface area contributed by atoms with Crippen LogP contribution >= 0.6 is 15.9 Å². The Hall–Kier alpha value is -2.22. The molecule has 0 unspecified atom stereocenters. The van der Waals surface area contributed by atoms with Crippen molar-refractivity contribution < 1.29 is 9.90 Å². The van der Waals surface area contributed by atoms with Gasteiger partial charge in [-0.15, -0.1) is 0 Å². The topological polar surface area (TPSA) is 85.8 Å². The quantitative estimate of drug-likeness (QED) is 0.717. The van der Waals surface area contributed by atoms with E-state index in [2.05, 4.69) is 31.0 Å². The highest BCUT2D eigenvalue weighted by Gasteiger charge is 2.26. The lowest BCUT2D eigenvalue weighted by molar-refractivity contribution is 0.195. The largest absolute Gasteiger partial charge is 0.464 e. The number of aromatic nitrogens is 5. The first-order chi connectivity index (χ1) is 10.3. The lowest BCUT2D eigenvalue weighted by Crippen LogP contribution is -2.21. The van der Waals surface area contributed by atoms with Crippen molar-refractivity contribution in [1.29, 1.82) is 0 Å². The number of carboxylic acid groups (broad SMARTS) is 1. The maximum absolute atomic E-state index is 11.7. The summed E-state index contributed by atoms with van der Waals surface area (Å²) in [5.74, 6) is 0.498. The molecule has 0 aliphatic carbocycles. The second kappa shape index (κ2) is 4.91. The number of rotatable bonds is 1. The van der Waals surface area contributed by atoms with Crippen molar-refractivity contribution in [3.05, 3.63) is 35.0 Å². The van der Waals surface area contributed by atoms with Crippen LogP contribution in [0.4, 0.5) is 4.79 Å². The average Bonchev–Trinajstić information content (AvgIpc) is 3.04. The molecule has 0 atom stereocenters. The Morgan fingerprint density at radius 2 is 2.05 bits per heavy atom. The van der Waals surface area contributed by atoms with Crippen LogP contribution in [0.15, 0.2) is 29.3 Å². The third-order valence-corrected chi connectivity index (χ3v) is 3.98. The molecule has 0 amide bonds. The summed E-state index contributed by atoms with van der Waals surface area (Å²) in [6.07, 6.45) is 1.85. The van der Waals surface area contributed by atoms with Crippen LogP contribution in [0.3, 0.4) is 0 Å². The molecule has 114 valence electrons. The van der Waals surface area contributed by atoms with Gasteiger partial charge in [0.15, 0.2) is 11.5 Å². The van der Waals surface area contributed by atoms with Gasteiger partial charge in [0.05, 0.1) is 0 Å². The zero-order valence-corrected chi connectivity index (χ0v) is 13.9. The zero-order chi connectivity index (χ0) is 16.1. The Balaban J connectivity index is 2.37. The SMILES string of the molecule is CC(C)(C)c1cc2c(Br)cc(-n3cncn3)nc2n1C(=O)O. The molecule has 0 fully saturated rings. The number of hydrogen-bond donors (Lipinski definition) is 1. The summed E-state index contributed by atoms with van der Waals surface area (Å²) in [4.78, 5) is 20.1. The number of pyridine rings is 1. The van der Waals surface area contributed by atoms with Crippen molar-refractivity contribution in [3.8, 4) is 5.82 Å². The van der Waals surface area contributed by atoms with Gasteiger partial charge in [-0.2, -0.15) is 5.10 Å². The highest BCUT2D eigenvalue weighted by atomic mass is 79.9. The number of carbonyl (C=O) groups is 1. The van der Waals surface area contributed by atoms with Crippen LogP contribution in [-0.4, -0.2) is 35.5 Å². The van der Waals surface area contributed by atoms with Crippen molar-refractivity contribution >= 4 is 33.1 Å². The van der Waals surface area contributed by atoms with E-state index in [1.165, 1.54) is 21.9 Å². The molecule has 3 aromatic heterocycles. The second-order valence-corrected chi connectivity index (χ2v) is 6.79. The monoisotopic (exact) mass is 363 g/mol. The summed E-state index contributed by atoms with van der Waals surface area (Å²) in [5, 5.41) is 14.4. The standard InChI is InChI=1S/C14H14BrN5O2/c1-14(2,3)10-4-8-9(15)5-11(19-7-16-6-17-19)18-12(8)20(10)13(21)22/h4-7H,1-3H3,(H,21,22). The minimum atomic E-state index is -1.06. The molecule has 22 heavy (non-hydrogen) atoms. The van der Waals surface area contributed by atoms with Gasteiger partial charge < -0.3 is 5.11 Å². The Kier molecular flexibility index (Phi) is 3.28. The van der Waals surface area contributed by atoms with E-state index in [0.29, 0.717) is 17.2 Å². The van der Waals surface area contributed by atoms with E-state index in [1.807, 2.05) is 26.8 Å². The van der Waals surface area contributed by atoms with Crippen molar-refractivity contribution in [3.63, 3.8) is 0 Å². The molecule has 1 N–H and O–H groups in total. The van der Waals surface area contributed by atoms with E-state index in [1.54, 1.807) is 6.07 Å². The molecule has 0 saturated heterocycles. The Bertz CT molecular complexity index is 862. The Labute approximate surface area is 134 Å². The molecule has 0 bridgehead atoms. The van der Waals surface area contributed by atoms with Crippen molar-refractivity contribution in [1.82, 2.24) is 24.3 Å². The van der Waals surface area contributed by atoms with Crippen LogP contribution in [-0.2, 0) is 5.41 Å². The summed E-state index contributed by atoms with van der Waals surface area (Å²) < 4.78 is 3.47. The fraction of sp³-hybridized carbons (Fsp3) is 0.286. The van der Waals surface area contributed by atoms with Gasteiger partial charge >= 0.3 is 6.09 Å². The van der Waals surface area contributed by atoms with Crippen LogP contribution in [0.2, 0.25) is 0 Å². The predicted molar refractivity (Wildman–Crippen MR) is 84.5 cm³/mol. The third-order valence-electron chi connectivity index (χ3n) is 3.32. The molecular weight excluding hydrogens is 350 g/mol. The predicted octanol–water partition coefficient (Wildman–Crippen LogP) is 3.20. The fourth-order valence-corrected chi connectivity index (χ4v) is 2.80. The molecule has 7 nitrogen and oxygen atoms in total. The van der Waals surface area contributed by atoms with Crippen molar-refractivity contribution in [2.45, 2.75) is 26.2 Å². The first-order valence-electron chi connectivity index (χ1n) is 6.60. The van der Waals surface area contributed by atoms with E-state index in [4.69, 9.17) is 0 Å². The fourth-order valence-electron chi connectivity index (χ4n) is 2.31. The van der Waals surface area contributed by atoms with Gasteiger partial charge in [0.2, 0.25) is 0 Å². The molecule has 0 aliphatic heterocycles. The number of hydrogen-bond acceptors (Lipinski definition) is 4. The van der Waals surface area contributed by atoms with Crippen LogP contribution in [0.25, 0.3) is 16.9 Å². The molecule has 0 aliphatic rings. The van der Waals surface area contributed by atoms with Crippen molar-refractivity contribution in [2.24, 2.45) is 0 Å². The molecule has 0 saturated carbocycles. The van der Waals surface area contributed by atoms with Gasteiger partial charge in [-0.1, -0.05) is 20.8 Å². The van der Waals surface area contributed by atoms with Gasteiger partial charge in [0.1, 0.15) is 12.7 Å². The first-order valence-corrected chi connectivity index (χ1v) is 7.39. The Morgan fingerprint density at radius 3 is 2.59 bits per heavy atom. The molecule has 3 aromatic rings. The van der Waals surface area contributed by atoms with Crippen LogP contribution in [0.5, 0.6) is 0 Å². The minimum Gasteiger partial charge on any atom is -0.464 e. The zero-order valence-electron chi connectivity index (χ0n) is 12.3. The number of halogens is 1. The van der Waals surface area contributed by atoms with Crippen LogP contribution in [0, 0.1) is 0 Å². The smallest absolute Gasteiger partial charge is 0.417 e. The minimum absolute atomic E-state index is 0.327. The molecular formula is C14H14BrN5O2. The van der Waals surface area contributed by atoms with E-state index in [-0.39, 0.29) is 5.41 Å². The first kappa shape index (κ1) is 14.7. The summed E-state index contributed by atoms with van der Waals surface area (Å²) in [7, 11) is 0. The second-order valence-electron chi connectivity index (χ2n) is 5.94. The number of nitrogens with zero attached hydrogens (tertiary/aromatic N) is 5. The summed E-state index contributed by atoms with van der Waals surface area (Å²) in [5.41, 5.74) is 0.725. The lowest BCUT2D eigenvalue weighted by atomic mass is 9.92. The van der Waals surface area contributed by atoms with E-state index in [0.717, 1.165) is 9.86 Å². The van der Waals surface area contributed by atoms with Gasteiger partial charge in [-0.05, 0) is 28.1 Å². The summed E-state index contributed by atoms with van der Waals surface area (Å²) >= 11 is 3.49. The van der Waals surface area contributed by atoms with Gasteiger partial charge in [0.25, 0.3) is 0 Å². The molecule has 0 radical (unpaired) electrons. The van der Waals surface area contributed by atoms with E-state index < -0.39 is 6.09 Å². The summed E-state index contributed by atoms with van der Waals surface area (Å²) in [6, 6.07) is 3.64. The average molecular weight is 364 g/mol. The van der Waals surface area contributed by atoms with E-state index in [9.17, 15) is 9.90 Å². The maximum Gasteiger partial charge on any atom is 0.417 e. The molecule has 8 heteroatoms. The van der Waals surface area contributed by atoms with Crippen LogP contribution in [0.1, 0.15) is 26.5 Å². The van der Waals surface area contributed by atoms with Gasteiger partial charge in [-0.25, -0.2) is 24.0 Å². The molecule has 3 heterocycles. The highest BCUT2D eigenvalue weighted by Crippen LogP contribution is 2.33. The normalized spacial score (nSPS) is 12.0.